The maximum Gasteiger partial charge on any atom is 0.329 e. The Morgan fingerprint density at radius 1 is 1.47 bits per heavy atom. The number of nitrogens with zero attached hydrogens (tertiary/aromatic N) is 1. The fourth-order valence-electron chi connectivity index (χ4n) is 2.61. The lowest BCUT2D eigenvalue weighted by Gasteiger charge is -2.24. The summed E-state index contributed by atoms with van der Waals surface area (Å²) in [7, 11) is 0. The molecule has 1 unspecified atom stereocenters. The number of aliphatic carboxylic acids is 1. The van der Waals surface area contributed by atoms with Crippen molar-refractivity contribution in [3.63, 3.8) is 0 Å². The highest BCUT2D eigenvalue weighted by atomic mass is 16.5. The Bertz CT molecular complexity index is 407. The van der Waals surface area contributed by atoms with Gasteiger partial charge in [-0.1, -0.05) is 30.3 Å². The molecule has 1 aliphatic rings. The first kappa shape index (κ1) is 14.0. The van der Waals surface area contributed by atoms with Crippen molar-refractivity contribution in [1.29, 1.82) is 0 Å². The number of carbonyl (C=O) groups is 1. The van der Waals surface area contributed by atoms with Gasteiger partial charge in [0.15, 0.2) is 0 Å². The van der Waals surface area contributed by atoms with Gasteiger partial charge in [-0.05, 0) is 31.4 Å². The minimum Gasteiger partial charge on any atom is -0.480 e. The first-order valence-corrected chi connectivity index (χ1v) is 6.75. The third-order valence-corrected chi connectivity index (χ3v) is 3.73. The second-order valence-corrected chi connectivity index (χ2v) is 5.15. The van der Waals surface area contributed by atoms with Crippen molar-refractivity contribution in [3.8, 4) is 0 Å². The van der Waals surface area contributed by atoms with Crippen LogP contribution in [0.2, 0.25) is 0 Å². The molecule has 1 aromatic rings. The molecule has 1 aromatic carbocycles. The number of benzene rings is 1. The van der Waals surface area contributed by atoms with Crippen LogP contribution in [0.15, 0.2) is 30.3 Å². The van der Waals surface area contributed by atoms with Crippen LogP contribution in [0.3, 0.4) is 0 Å². The zero-order valence-electron chi connectivity index (χ0n) is 11.3. The fourth-order valence-corrected chi connectivity index (χ4v) is 2.61. The number of likely N-dealkylation sites (tertiary alicyclic amines) is 1. The largest absolute Gasteiger partial charge is 0.480 e. The van der Waals surface area contributed by atoms with E-state index in [0.29, 0.717) is 18.6 Å². The van der Waals surface area contributed by atoms with Crippen LogP contribution in [0.5, 0.6) is 0 Å². The lowest BCUT2D eigenvalue weighted by molar-refractivity contribution is -0.142. The van der Waals surface area contributed by atoms with Crippen LogP contribution in [0.1, 0.15) is 24.9 Å². The van der Waals surface area contributed by atoms with Gasteiger partial charge in [-0.15, -0.1) is 0 Å². The molecule has 0 spiro atoms. The molecule has 1 aliphatic heterocycles. The summed E-state index contributed by atoms with van der Waals surface area (Å²) in [6.45, 7) is 4.61. The predicted octanol–water partition coefficient (Wildman–Crippen LogP) is 2.17. The lowest BCUT2D eigenvalue weighted by Crippen LogP contribution is -2.25. The van der Waals surface area contributed by atoms with E-state index in [1.54, 1.807) is 0 Å². The number of ether oxygens (including phenoxy) is 1. The summed E-state index contributed by atoms with van der Waals surface area (Å²) in [5, 5.41) is 8.54. The Labute approximate surface area is 114 Å². The van der Waals surface area contributed by atoms with Crippen LogP contribution >= 0.6 is 0 Å². The van der Waals surface area contributed by atoms with Crippen molar-refractivity contribution in [1.82, 2.24) is 4.90 Å². The lowest BCUT2D eigenvalue weighted by atomic mass is 10.1. The first-order valence-electron chi connectivity index (χ1n) is 6.75. The zero-order valence-corrected chi connectivity index (χ0v) is 11.3. The molecule has 19 heavy (non-hydrogen) atoms. The summed E-state index contributed by atoms with van der Waals surface area (Å²) in [5.74, 6) is -0.446. The summed E-state index contributed by atoms with van der Waals surface area (Å²) >= 11 is 0. The van der Waals surface area contributed by atoms with E-state index >= 15 is 0 Å². The molecule has 2 atom stereocenters. The number of hydrogen-bond acceptors (Lipinski definition) is 3. The van der Waals surface area contributed by atoms with Crippen molar-refractivity contribution < 1.29 is 14.6 Å². The maximum atomic E-state index is 10.4. The minimum atomic E-state index is -0.896. The molecule has 4 nitrogen and oxygen atoms in total. The highest BCUT2D eigenvalue weighted by molar-refractivity contribution is 5.67. The van der Waals surface area contributed by atoms with Gasteiger partial charge in [-0.2, -0.15) is 0 Å². The Kier molecular flexibility index (Phi) is 4.93. The van der Waals surface area contributed by atoms with Gasteiger partial charge in [0.25, 0.3) is 0 Å². The minimum absolute atomic E-state index is 0.190. The monoisotopic (exact) mass is 263 g/mol. The Balaban J connectivity index is 1.80. The molecule has 1 fully saturated rings. The van der Waals surface area contributed by atoms with Crippen LogP contribution in [0, 0.1) is 5.92 Å². The second-order valence-electron chi connectivity index (χ2n) is 5.15. The van der Waals surface area contributed by atoms with Crippen LogP contribution in [-0.4, -0.2) is 42.3 Å². The fraction of sp³-hybridized carbons (Fsp3) is 0.533. The molecule has 0 aromatic heterocycles. The molecular formula is C15H21NO3. The van der Waals surface area contributed by atoms with Crippen molar-refractivity contribution in [2.24, 2.45) is 5.92 Å². The van der Waals surface area contributed by atoms with E-state index < -0.39 is 5.97 Å². The van der Waals surface area contributed by atoms with Gasteiger partial charge in [0, 0.05) is 12.6 Å². The molecule has 0 radical (unpaired) electrons. The standard InChI is InChI=1S/C15H21NO3/c1-12(14-5-3-2-4-6-14)16-8-7-13(9-16)10-19-11-15(17)18/h2-6,12-13H,7-11H2,1H3,(H,17,18)/t12?,13-/m1/s1. The molecule has 1 saturated heterocycles. The van der Waals surface area contributed by atoms with E-state index in [9.17, 15) is 4.79 Å². The van der Waals surface area contributed by atoms with E-state index in [4.69, 9.17) is 9.84 Å². The number of carboxylic acid groups (broad SMARTS) is 1. The third-order valence-electron chi connectivity index (χ3n) is 3.73. The van der Waals surface area contributed by atoms with Gasteiger partial charge in [-0.3, -0.25) is 4.90 Å². The molecule has 0 saturated carbocycles. The smallest absolute Gasteiger partial charge is 0.329 e. The maximum absolute atomic E-state index is 10.4. The molecule has 0 amide bonds. The molecular weight excluding hydrogens is 242 g/mol. The average Bonchev–Trinajstić information content (AvgIpc) is 2.87. The van der Waals surface area contributed by atoms with Gasteiger partial charge < -0.3 is 9.84 Å². The Morgan fingerprint density at radius 3 is 2.89 bits per heavy atom. The zero-order chi connectivity index (χ0) is 13.7. The average molecular weight is 263 g/mol. The SMILES string of the molecule is CC(c1ccccc1)N1CC[C@@H](COCC(=O)O)C1. The third kappa shape index (κ3) is 4.04. The molecule has 1 N–H and O–H groups in total. The topological polar surface area (TPSA) is 49.8 Å². The molecule has 2 rings (SSSR count). The number of hydrogen-bond donors (Lipinski definition) is 1. The van der Waals surface area contributed by atoms with Crippen LogP contribution < -0.4 is 0 Å². The quantitative estimate of drug-likeness (QED) is 0.854. The predicted molar refractivity (Wildman–Crippen MR) is 73.0 cm³/mol. The molecule has 4 heteroatoms. The first-order chi connectivity index (χ1) is 9.16. The number of rotatable bonds is 6. The van der Waals surface area contributed by atoms with Crippen molar-refractivity contribution in [3.05, 3.63) is 35.9 Å². The normalized spacial score (nSPS) is 21.4. The summed E-state index contributed by atoms with van der Waals surface area (Å²) in [5.41, 5.74) is 1.33. The van der Waals surface area contributed by atoms with E-state index in [0.717, 1.165) is 19.5 Å². The summed E-state index contributed by atoms with van der Waals surface area (Å²) < 4.78 is 5.19. The van der Waals surface area contributed by atoms with Gasteiger partial charge in [0.05, 0.1) is 6.61 Å². The number of carboxylic acids is 1. The van der Waals surface area contributed by atoms with Crippen molar-refractivity contribution >= 4 is 5.97 Å². The Hall–Kier alpha value is -1.39. The van der Waals surface area contributed by atoms with Crippen molar-refractivity contribution in [2.75, 3.05) is 26.3 Å². The van der Waals surface area contributed by atoms with E-state index in [1.165, 1.54) is 5.56 Å². The van der Waals surface area contributed by atoms with E-state index in [-0.39, 0.29) is 6.61 Å². The van der Waals surface area contributed by atoms with E-state index in [1.807, 2.05) is 6.07 Å². The highest BCUT2D eigenvalue weighted by Crippen LogP contribution is 2.27. The van der Waals surface area contributed by atoms with Gasteiger partial charge >= 0.3 is 5.97 Å². The molecule has 0 aliphatic carbocycles. The van der Waals surface area contributed by atoms with Crippen LogP contribution in [0.25, 0.3) is 0 Å². The van der Waals surface area contributed by atoms with Crippen LogP contribution in [-0.2, 0) is 9.53 Å². The second kappa shape index (κ2) is 6.68. The molecule has 104 valence electrons. The Morgan fingerprint density at radius 2 is 2.21 bits per heavy atom. The molecule has 0 bridgehead atoms. The summed E-state index contributed by atoms with van der Waals surface area (Å²) in [4.78, 5) is 12.8. The van der Waals surface area contributed by atoms with E-state index in [2.05, 4.69) is 36.1 Å². The van der Waals surface area contributed by atoms with Crippen molar-refractivity contribution in [2.45, 2.75) is 19.4 Å². The summed E-state index contributed by atoms with van der Waals surface area (Å²) in [6.07, 6.45) is 1.08. The van der Waals surface area contributed by atoms with Gasteiger partial charge in [0.1, 0.15) is 6.61 Å². The summed E-state index contributed by atoms with van der Waals surface area (Å²) in [6, 6.07) is 10.9. The van der Waals surface area contributed by atoms with Crippen LogP contribution in [0.4, 0.5) is 0 Å². The van der Waals surface area contributed by atoms with Gasteiger partial charge in [-0.25, -0.2) is 4.79 Å². The molecule has 1 heterocycles. The highest BCUT2D eigenvalue weighted by Gasteiger charge is 2.26. The van der Waals surface area contributed by atoms with Gasteiger partial charge in [0.2, 0.25) is 0 Å².